The van der Waals surface area contributed by atoms with E-state index in [1.807, 2.05) is 24.3 Å². The predicted molar refractivity (Wildman–Crippen MR) is 117 cm³/mol. The molecular formula is C21H22N4O4S. The Balaban J connectivity index is 0.000000461. The van der Waals surface area contributed by atoms with Gasteiger partial charge in [-0.15, -0.1) is 4.57 Å². The van der Waals surface area contributed by atoms with Crippen LogP contribution in [0.4, 0.5) is 11.4 Å². The summed E-state index contributed by atoms with van der Waals surface area (Å²) in [5.74, 6) is 0. The van der Waals surface area contributed by atoms with Gasteiger partial charge in [0.15, 0.2) is 0 Å². The molecule has 0 atom stereocenters. The van der Waals surface area contributed by atoms with Crippen LogP contribution in [0.5, 0.6) is 0 Å². The van der Waals surface area contributed by atoms with E-state index < -0.39 is 10.4 Å². The zero-order valence-corrected chi connectivity index (χ0v) is 17.6. The number of rotatable bonds is 2. The van der Waals surface area contributed by atoms with Crippen molar-refractivity contribution in [3.63, 3.8) is 0 Å². The molecule has 0 spiro atoms. The van der Waals surface area contributed by atoms with Gasteiger partial charge in [0.1, 0.15) is 11.0 Å². The lowest BCUT2D eigenvalue weighted by atomic mass is 10.1. The SMILES string of the molecule is Cc1c(N(C)C)ccc2nc3ccc(N)cc3[n+](-c3ccccc3)c12.O=S(=O)([O-])O. The average Bonchev–Trinajstić information content (AvgIpc) is 2.66. The van der Waals surface area contributed by atoms with Crippen molar-refractivity contribution in [2.45, 2.75) is 6.92 Å². The summed E-state index contributed by atoms with van der Waals surface area (Å²) in [4.78, 5) is 7.00. The van der Waals surface area contributed by atoms with Crippen molar-refractivity contribution in [1.82, 2.24) is 4.98 Å². The standard InChI is InChI=1S/C21H20N4.H2O4S/c1-14-19(24(2)3)12-11-18-21(14)25(16-7-5-4-6-8-16)20-13-15(22)9-10-17(20)23-18;1-5(2,3)4/h4-13,22H,1-3H3;(H2,1,2,3,4). The van der Waals surface area contributed by atoms with Gasteiger partial charge in [0.05, 0.1) is 0 Å². The first-order valence-corrected chi connectivity index (χ1v) is 10.4. The Labute approximate surface area is 174 Å². The van der Waals surface area contributed by atoms with Crippen molar-refractivity contribution in [2.24, 2.45) is 0 Å². The van der Waals surface area contributed by atoms with Crippen LogP contribution in [0.1, 0.15) is 5.56 Å². The van der Waals surface area contributed by atoms with Gasteiger partial charge in [-0.2, -0.15) is 0 Å². The van der Waals surface area contributed by atoms with E-state index in [-0.39, 0.29) is 0 Å². The van der Waals surface area contributed by atoms with Crippen LogP contribution in [0.15, 0.2) is 60.7 Å². The zero-order valence-electron chi connectivity index (χ0n) is 16.8. The Kier molecular flexibility index (Phi) is 5.88. The van der Waals surface area contributed by atoms with Gasteiger partial charge in [-0.3, -0.25) is 4.55 Å². The molecule has 156 valence electrons. The number of anilines is 2. The molecule has 0 saturated carbocycles. The van der Waals surface area contributed by atoms with Crippen LogP contribution >= 0.6 is 0 Å². The van der Waals surface area contributed by atoms with Crippen molar-refractivity contribution >= 4 is 43.8 Å². The minimum absolute atomic E-state index is 0.736. The maximum Gasteiger partial charge on any atom is 0.242 e. The van der Waals surface area contributed by atoms with Gasteiger partial charge in [0.2, 0.25) is 27.1 Å². The Morgan fingerprint density at radius 3 is 2.23 bits per heavy atom. The normalized spacial score (nSPS) is 11.2. The summed E-state index contributed by atoms with van der Waals surface area (Å²) in [5.41, 5.74) is 14.3. The fourth-order valence-corrected chi connectivity index (χ4v) is 3.44. The van der Waals surface area contributed by atoms with Crippen molar-refractivity contribution in [2.75, 3.05) is 24.7 Å². The maximum atomic E-state index is 8.63. The van der Waals surface area contributed by atoms with Gasteiger partial charge < -0.3 is 15.2 Å². The minimum Gasteiger partial charge on any atom is -0.726 e. The highest BCUT2D eigenvalue weighted by atomic mass is 32.3. The highest BCUT2D eigenvalue weighted by Gasteiger charge is 2.23. The van der Waals surface area contributed by atoms with Crippen LogP contribution in [0, 0.1) is 6.92 Å². The number of aromatic nitrogens is 2. The summed E-state index contributed by atoms with van der Waals surface area (Å²) in [5, 5.41) is 0. The summed E-state index contributed by atoms with van der Waals surface area (Å²) < 4.78 is 35.1. The van der Waals surface area contributed by atoms with Crippen molar-refractivity contribution in [3.05, 3.63) is 66.2 Å². The van der Waals surface area contributed by atoms with Crippen molar-refractivity contribution < 1.29 is 22.1 Å². The zero-order chi connectivity index (χ0) is 22.1. The molecule has 1 heterocycles. The van der Waals surface area contributed by atoms with E-state index in [0.29, 0.717) is 0 Å². The number of benzene rings is 3. The molecule has 0 aliphatic rings. The second kappa shape index (κ2) is 8.23. The quantitative estimate of drug-likeness (QED) is 0.166. The Bertz CT molecular complexity index is 1320. The second-order valence-corrected chi connectivity index (χ2v) is 7.79. The second-order valence-electron chi connectivity index (χ2n) is 6.93. The first-order chi connectivity index (χ1) is 14.1. The molecule has 4 rings (SSSR count). The van der Waals surface area contributed by atoms with Crippen LogP contribution < -0.4 is 15.2 Å². The number of hydrogen-bond donors (Lipinski definition) is 2. The van der Waals surface area contributed by atoms with E-state index in [1.54, 1.807) is 0 Å². The van der Waals surface area contributed by atoms with Gasteiger partial charge in [0.25, 0.3) is 0 Å². The van der Waals surface area contributed by atoms with Gasteiger partial charge in [-0.1, -0.05) is 18.2 Å². The summed E-state index contributed by atoms with van der Waals surface area (Å²) in [6.07, 6.45) is 0. The number of hydrogen-bond acceptors (Lipinski definition) is 6. The molecule has 0 fully saturated rings. The monoisotopic (exact) mass is 426 g/mol. The van der Waals surface area contributed by atoms with Gasteiger partial charge in [-0.05, 0) is 31.2 Å². The molecule has 9 heteroatoms. The van der Waals surface area contributed by atoms with E-state index in [2.05, 4.69) is 66.9 Å². The predicted octanol–water partition coefficient (Wildman–Crippen LogP) is 2.63. The van der Waals surface area contributed by atoms with Crippen LogP contribution in [0.25, 0.3) is 27.8 Å². The smallest absolute Gasteiger partial charge is 0.242 e. The lowest BCUT2D eigenvalue weighted by Gasteiger charge is -2.16. The first-order valence-electron chi connectivity index (χ1n) is 9.02. The third-order valence-electron chi connectivity index (χ3n) is 4.58. The van der Waals surface area contributed by atoms with Gasteiger partial charge >= 0.3 is 0 Å². The van der Waals surface area contributed by atoms with Crippen LogP contribution in [0.2, 0.25) is 0 Å². The summed E-state index contributed by atoms with van der Waals surface area (Å²) >= 11 is 0. The van der Waals surface area contributed by atoms with Crippen LogP contribution in [-0.2, 0) is 10.4 Å². The topological polar surface area (TPSA) is 123 Å². The third-order valence-corrected chi connectivity index (χ3v) is 4.58. The molecule has 0 radical (unpaired) electrons. The minimum atomic E-state index is -4.92. The molecule has 0 aliphatic heterocycles. The molecule has 0 saturated heterocycles. The van der Waals surface area contributed by atoms with E-state index in [0.717, 1.165) is 33.4 Å². The van der Waals surface area contributed by atoms with E-state index >= 15 is 0 Å². The Hall–Kier alpha value is -3.27. The lowest BCUT2D eigenvalue weighted by Crippen LogP contribution is -2.34. The number of para-hydroxylation sites is 1. The van der Waals surface area contributed by atoms with Crippen molar-refractivity contribution in [1.29, 1.82) is 0 Å². The average molecular weight is 426 g/mol. The molecule has 4 aromatic rings. The fraction of sp³-hybridized carbons (Fsp3) is 0.143. The third kappa shape index (κ3) is 4.65. The summed E-state index contributed by atoms with van der Waals surface area (Å²) in [6, 6.07) is 20.5. The van der Waals surface area contributed by atoms with E-state index in [4.69, 9.17) is 28.2 Å². The lowest BCUT2D eigenvalue weighted by molar-refractivity contribution is -0.538. The highest BCUT2D eigenvalue weighted by molar-refractivity contribution is 7.79. The van der Waals surface area contributed by atoms with E-state index in [9.17, 15) is 0 Å². The molecule has 8 nitrogen and oxygen atoms in total. The van der Waals surface area contributed by atoms with Gasteiger partial charge in [0, 0.05) is 49.2 Å². The molecule has 0 bridgehead atoms. The molecule has 3 aromatic carbocycles. The molecular weight excluding hydrogens is 404 g/mol. The summed E-state index contributed by atoms with van der Waals surface area (Å²) in [6.45, 7) is 2.15. The van der Waals surface area contributed by atoms with E-state index in [1.165, 1.54) is 11.3 Å². The molecule has 30 heavy (non-hydrogen) atoms. The number of fused-ring (bicyclic) bond motifs is 2. The maximum absolute atomic E-state index is 8.63. The largest absolute Gasteiger partial charge is 0.726 e. The first kappa shape index (κ1) is 21.4. The van der Waals surface area contributed by atoms with Crippen molar-refractivity contribution in [3.8, 4) is 5.69 Å². The molecule has 1 aromatic heterocycles. The molecule has 0 unspecified atom stereocenters. The molecule has 3 N–H and O–H groups in total. The number of nitrogens with two attached hydrogens (primary N) is 1. The van der Waals surface area contributed by atoms with Gasteiger partial charge in [-0.25, -0.2) is 13.4 Å². The molecule has 0 amide bonds. The summed E-state index contributed by atoms with van der Waals surface area (Å²) in [7, 11) is -0.791. The highest BCUT2D eigenvalue weighted by Crippen LogP contribution is 2.27. The fourth-order valence-electron chi connectivity index (χ4n) is 3.44. The Morgan fingerprint density at radius 1 is 1.03 bits per heavy atom. The number of nitrogen functional groups attached to an aromatic ring is 1. The number of nitrogens with zero attached hydrogens (tertiary/aromatic N) is 3. The molecule has 0 aliphatic carbocycles. The number of aryl methyl sites for hydroxylation is 1. The van der Waals surface area contributed by atoms with Crippen LogP contribution in [-0.4, -0.2) is 36.6 Å². The Morgan fingerprint density at radius 2 is 1.63 bits per heavy atom. The van der Waals surface area contributed by atoms with Crippen LogP contribution in [0.3, 0.4) is 0 Å².